The molecule has 5 heteroatoms. The van der Waals surface area contributed by atoms with Crippen LogP contribution in [0.3, 0.4) is 0 Å². The van der Waals surface area contributed by atoms with Gasteiger partial charge in [-0.1, -0.05) is 6.07 Å². The van der Waals surface area contributed by atoms with Crippen molar-refractivity contribution in [3.05, 3.63) is 23.9 Å². The number of amides is 1. The van der Waals surface area contributed by atoms with Crippen LogP contribution in [0, 0.1) is 0 Å². The first-order valence-corrected chi connectivity index (χ1v) is 6.38. The van der Waals surface area contributed by atoms with E-state index in [4.69, 9.17) is 10.5 Å². The van der Waals surface area contributed by atoms with Crippen molar-refractivity contribution >= 4 is 5.91 Å². The van der Waals surface area contributed by atoms with Gasteiger partial charge in [0.05, 0.1) is 6.61 Å². The van der Waals surface area contributed by atoms with Gasteiger partial charge in [0.25, 0.3) is 5.91 Å². The van der Waals surface area contributed by atoms with Gasteiger partial charge in [-0.15, -0.1) is 0 Å². The first kappa shape index (κ1) is 12.8. The molecule has 18 heavy (non-hydrogen) atoms. The first-order chi connectivity index (χ1) is 8.75. The first-order valence-electron chi connectivity index (χ1n) is 6.38. The highest BCUT2D eigenvalue weighted by molar-refractivity contribution is 5.90. The number of ether oxygens (including phenoxy) is 1. The number of hydrogen-bond acceptors (Lipinski definition) is 4. The van der Waals surface area contributed by atoms with Crippen molar-refractivity contribution in [1.29, 1.82) is 0 Å². The van der Waals surface area contributed by atoms with Gasteiger partial charge in [0.15, 0.2) is 0 Å². The highest BCUT2D eigenvalue weighted by Gasteiger charge is 2.10. The van der Waals surface area contributed by atoms with Crippen LogP contribution in [0.4, 0.5) is 0 Å². The summed E-state index contributed by atoms with van der Waals surface area (Å²) >= 11 is 0. The Balaban J connectivity index is 1.72. The molecule has 1 amide bonds. The van der Waals surface area contributed by atoms with Crippen molar-refractivity contribution in [2.24, 2.45) is 5.73 Å². The molecule has 0 atom stereocenters. The number of nitrogens with two attached hydrogens (primary N) is 1. The fourth-order valence-electron chi connectivity index (χ4n) is 2.10. The van der Waals surface area contributed by atoms with Crippen molar-refractivity contribution in [3.63, 3.8) is 0 Å². The summed E-state index contributed by atoms with van der Waals surface area (Å²) in [5.74, 6) is -0.0646. The highest BCUT2D eigenvalue weighted by atomic mass is 16.5. The van der Waals surface area contributed by atoms with Crippen LogP contribution >= 0.6 is 0 Å². The summed E-state index contributed by atoms with van der Waals surface area (Å²) in [6.45, 7) is 4.09. The Labute approximate surface area is 107 Å². The smallest absolute Gasteiger partial charge is 0.267 e. The zero-order valence-electron chi connectivity index (χ0n) is 10.5. The van der Waals surface area contributed by atoms with Crippen molar-refractivity contribution in [2.75, 3.05) is 26.2 Å². The lowest BCUT2D eigenvalue weighted by Crippen LogP contribution is -2.22. The van der Waals surface area contributed by atoms with Gasteiger partial charge in [0, 0.05) is 12.6 Å². The number of carbonyl (C=O) groups excluding carboxylic acids is 1. The average Bonchev–Trinajstić information content (AvgIpc) is 2.88. The van der Waals surface area contributed by atoms with Crippen LogP contribution in [-0.2, 0) is 0 Å². The molecule has 0 radical (unpaired) electrons. The molecular weight excluding hydrogens is 230 g/mol. The van der Waals surface area contributed by atoms with E-state index in [1.54, 1.807) is 18.2 Å². The lowest BCUT2D eigenvalue weighted by molar-refractivity contribution is 0.0994. The monoisotopic (exact) mass is 249 g/mol. The molecule has 98 valence electrons. The molecule has 2 heterocycles. The van der Waals surface area contributed by atoms with E-state index in [-0.39, 0.29) is 5.69 Å². The molecule has 2 rings (SSSR count). The molecule has 0 unspecified atom stereocenters. The zero-order valence-corrected chi connectivity index (χ0v) is 10.5. The minimum Gasteiger partial charge on any atom is -0.478 e. The molecule has 1 aromatic heterocycles. The number of carbonyl (C=O) groups is 1. The third kappa shape index (κ3) is 3.70. The number of primary amides is 1. The molecule has 1 saturated heterocycles. The van der Waals surface area contributed by atoms with E-state index < -0.39 is 5.91 Å². The van der Waals surface area contributed by atoms with E-state index in [9.17, 15) is 4.79 Å². The van der Waals surface area contributed by atoms with Gasteiger partial charge in [-0.25, -0.2) is 4.98 Å². The van der Waals surface area contributed by atoms with Gasteiger partial charge >= 0.3 is 0 Å². The number of aromatic nitrogens is 1. The van der Waals surface area contributed by atoms with Crippen molar-refractivity contribution in [2.45, 2.75) is 19.3 Å². The van der Waals surface area contributed by atoms with E-state index in [0.29, 0.717) is 12.5 Å². The maximum absolute atomic E-state index is 11.0. The minimum atomic E-state index is -0.530. The summed E-state index contributed by atoms with van der Waals surface area (Å²) in [6, 6.07) is 5.05. The standard InChI is InChI=1S/C13H19N3O2/c14-13(17)11-5-3-6-12(15-11)18-10-4-9-16-7-1-2-8-16/h3,5-6H,1-2,4,7-10H2,(H2,14,17). The van der Waals surface area contributed by atoms with E-state index in [0.717, 1.165) is 13.0 Å². The van der Waals surface area contributed by atoms with E-state index >= 15 is 0 Å². The van der Waals surface area contributed by atoms with Crippen molar-refractivity contribution < 1.29 is 9.53 Å². The van der Waals surface area contributed by atoms with Gasteiger partial charge in [0.1, 0.15) is 5.69 Å². The molecule has 0 aliphatic carbocycles. The number of nitrogens with zero attached hydrogens (tertiary/aromatic N) is 2. The van der Waals surface area contributed by atoms with Crippen LogP contribution in [0.1, 0.15) is 29.8 Å². The molecular formula is C13H19N3O2. The second kappa shape index (κ2) is 6.35. The molecule has 1 aromatic rings. The van der Waals surface area contributed by atoms with Crippen LogP contribution in [0.2, 0.25) is 0 Å². The summed E-state index contributed by atoms with van der Waals surface area (Å²) in [4.78, 5) is 17.4. The summed E-state index contributed by atoms with van der Waals surface area (Å²) in [6.07, 6.45) is 3.59. The summed E-state index contributed by atoms with van der Waals surface area (Å²) in [5.41, 5.74) is 5.40. The Morgan fingerprint density at radius 2 is 2.17 bits per heavy atom. The maximum Gasteiger partial charge on any atom is 0.267 e. The quantitative estimate of drug-likeness (QED) is 0.765. The Bertz CT molecular complexity index is 403. The lowest BCUT2D eigenvalue weighted by Gasteiger charge is -2.14. The average molecular weight is 249 g/mol. The van der Waals surface area contributed by atoms with Crippen molar-refractivity contribution in [1.82, 2.24) is 9.88 Å². The van der Waals surface area contributed by atoms with Crippen LogP contribution in [0.15, 0.2) is 18.2 Å². The summed E-state index contributed by atoms with van der Waals surface area (Å²) in [5, 5.41) is 0. The third-order valence-corrected chi connectivity index (χ3v) is 3.04. The second-order valence-corrected chi connectivity index (χ2v) is 4.48. The summed E-state index contributed by atoms with van der Waals surface area (Å²) < 4.78 is 5.51. The third-order valence-electron chi connectivity index (χ3n) is 3.04. The van der Waals surface area contributed by atoms with Crippen LogP contribution < -0.4 is 10.5 Å². The van der Waals surface area contributed by atoms with E-state index in [1.807, 2.05) is 0 Å². The van der Waals surface area contributed by atoms with Crippen LogP contribution in [-0.4, -0.2) is 42.0 Å². The van der Waals surface area contributed by atoms with Crippen molar-refractivity contribution in [3.8, 4) is 5.88 Å². The molecule has 1 aliphatic rings. The Hall–Kier alpha value is -1.62. The van der Waals surface area contributed by atoms with Gasteiger partial charge in [-0.05, 0) is 38.4 Å². The fraction of sp³-hybridized carbons (Fsp3) is 0.538. The van der Waals surface area contributed by atoms with Gasteiger partial charge in [0.2, 0.25) is 5.88 Å². The molecule has 1 fully saturated rings. The molecule has 0 aromatic carbocycles. The SMILES string of the molecule is NC(=O)c1cccc(OCCCN2CCCC2)n1. The van der Waals surface area contributed by atoms with E-state index in [2.05, 4.69) is 9.88 Å². The zero-order chi connectivity index (χ0) is 12.8. The minimum absolute atomic E-state index is 0.243. The predicted molar refractivity (Wildman–Crippen MR) is 68.5 cm³/mol. The molecule has 0 spiro atoms. The van der Waals surface area contributed by atoms with Gasteiger partial charge < -0.3 is 15.4 Å². The Morgan fingerprint density at radius 3 is 2.89 bits per heavy atom. The molecule has 5 nitrogen and oxygen atoms in total. The fourth-order valence-corrected chi connectivity index (χ4v) is 2.10. The van der Waals surface area contributed by atoms with Crippen LogP contribution in [0.5, 0.6) is 5.88 Å². The predicted octanol–water partition coefficient (Wildman–Crippen LogP) is 1.05. The summed E-state index contributed by atoms with van der Waals surface area (Å²) in [7, 11) is 0. The lowest BCUT2D eigenvalue weighted by atomic mass is 10.3. The molecule has 0 bridgehead atoms. The molecule has 1 aliphatic heterocycles. The van der Waals surface area contributed by atoms with Gasteiger partial charge in [-0.3, -0.25) is 4.79 Å². The number of hydrogen-bond donors (Lipinski definition) is 1. The van der Waals surface area contributed by atoms with Crippen LogP contribution in [0.25, 0.3) is 0 Å². The Kier molecular flexibility index (Phi) is 4.52. The normalized spacial score (nSPS) is 15.8. The van der Waals surface area contributed by atoms with E-state index in [1.165, 1.54) is 25.9 Å². The molecule has 0 saturated carbocycles. The number of pyridine rings is 1. The number of rotatable bonds is 6. The van der Waals surface area contributed by atoms with Gasteiger partial charge in [-0.2, -0.15) is 0 Å². The number of likely N-dealkylation sites (tertiary alicyclic amines) is 1. The Morgan fingerprint density at radius 1 is 1.39 bits per heavy atom. The second-order valence-electron chi connectivity index (χ2n) is 4.48. The topological polar surface area (TPSA) is 68.5 Å². The largest absolute Gasteiger partial charge is 0.478 e. The maximum atomic E-state index is 11.0. The highest BCUT2D eigenvalue weighted by Crippen LogP contribution is 2.09. The molecule has 2 N–H and O–H groups in total.